The van der Waals surface area contributed by atoms with E-state index >= 15 is 0 Å². The summed E-state index contributed by atoms with van der Waals surface area (Å²) in [6.07, 6.45) is 1.50. The molecule has 25 heavy (non-hydrogen) atoms. The van der Waals surface area contributed by atoms with E-state index in [0.717, 1.165) is 16.8 Å². The standard InChI is InChI=1S/C19H24N2O4/c1-12-5-6-16(8-13(12)2)21-11-15(9-17(21)22)18(23)20-7-3-4-14(10-20)19(24)25/h5-6,8,14-15H,3-4,7,9-11H2,1-2H3,(H,24,25). The van der Waals surface area contributed by atoms with Crippen molar-refractivity contribution in [2.45, 2.75) is 33.1 Å². The molecule has 2 atom stereocenters. The van der Waals surface area contributed by atoms with Gasteiger partial charge in [-0.15, -0.1) is 0 Å². The summed E-state index contributed by atoms with van der Waals surface area (Å²) in [5, 5.41) is 9.18. The van der Waals surface area contributed by atoms with Gasteiger partial charge >= 0.3 is 5.97 Å². The summed E-state index contributed by atoms with van der Waals surface area (Å²) >= 11 is 0. The Bertz CT molecular complexity index is 715. The van der Waals surface area contributed by atoms with Crippen molar-refractivity contribution in [1.29, 1.82) is 0 Å². The van der Waals surface area contributed by atoms with Crippen molar-refractivity contribution in [2.24, 2.45) is 11.8 Å². The van der Waals surface area contributed by atoms with Crippen molar-refractivity contribution < 1.29 is 19.5 Å². The lowest BCUT2D eigenvalue weighted by Crippen LogP contribution is -2.45. The third kappa shape index (κ3) is 3.52. The summed E-state index contributed by atoms with van der Waals surface area (Å²) in [5.41, 5.74) is 3.10. The molecule has 2 saturated heterocycles. The highest BCUT2D eigenvalue weighted by atomic mass is 16.4. The number of anilines is 1. The molecule has 1 N–H and O–H groups in total. The van der Waals surface area contributed by atoms with Crippen LogP contribution in [0.25, 0.3) is 0 Å². The zero-order chi connectivity index (χ0) is 18.1. The average molecular weight is 344 g/mol. The number of hydrogen-bond acceptors (Lipinski definition) is 3. The van der Waals surface area contributed by atoms with Gasteiger partial charge in [0.2, 0.25) is 11.8 Å². The van der Waals surface area contributed by atoms with Gasteiger partial charge in [-0.3, -0.25) is 14.4 Å². The lowest BCUT2D eigenvalue weighted by atomic mass is 9.96. The van der Waals surface area contributed by atoms with E-state index in [0.29, 0.717) is 25.9 Å². The first-order valence-corrected chi connectivity index (χ1v) is 8.76. The van der Waals surface area contributed by atoms with Crippen LogP contribution in [0.15, 0.2) is 18.2 Å². The molecule has 134 valence electrons. The number of carboxylic acid groups (broad SMARTS) is 1. The molecule has 0 spiro atoms. The molecule has 6 nitrogen and oxygen atoms in total. The summed E-state index contributed by atoms with van der Waals surface area (Å²) < 4.78 is 0. The molecule has 2 heterocycles. The quantitative estimate of drug-likeness (QED) is 0.909. The van der Waals surface area contributed by atoms with Gasteiger partial charge in [0.05, 0.1) is 11.8 Å². The largest absolute Gasteiger partial charge is 0.481 e. The van der Waals surface area contributed by atoms with Crippen LogP contribution in [0, 0.1) is 25.7 Å². The number of rotatable bonds is 3. The molecule has 2 fully saturated rings. The summed E-state index contributed by atoms with van der Waals surface area (Å²) in [7, 11) is 0. The van der Waals surface area contributed by atoms with Crippen LogP contribution in [0.1, 0.15) is 30.4 Å². The molecule has 2 aliphatic rings. The van der Waals surface area contributed by atoms with E-state index in [4.69, 9.17) is 0 Å². The Morgan fingerprint density at radius 1 is 1.12 bits per heavy atom. The van der Waals surface area contributed by atoms with Crippen LogP contribution in [0.2, 0.25) is 0 Å². The average Bonchev–Trinajstić information content (AvgIpc) is 2.98. The Labute approximate surface area is 147 Å². The molecule has 0 radical (unpaired) electrons. The Balaban J connectivity index is 1.70. The molecule has 0 saturated carbocycles. The van der Waals surface area contributed by atoms with Gasteiger partial charge in [0.15, 0.2) is 0 Å². The van der Waals surface area contributed by atoms with Crippen molar-refractivity contribution in [3.63, 3.8) is 0 Å². The van der Waals surface area contributed by atoms with Gasteiger partial charge in [-0.05, 0) is 49.9 Å². The van der Waals surface area contributed by atoms with Gasteiger partial charge < -0.3 is 14.9 Å². The van der Waals surface area contributed by atoms with E-state index in [1.807, 2.05) is 32.0 Å². The number of piperidine rings is 1. The molecule has 3 rings (SSSR count). The van der Waals surface area contributed by atoms with E-state index < -0.39 is 11.9 Å². The Kier molecular flexibility index (Phi) is 4.79. The second-order valence-electron chi connectivity index (χ2n) is 7.14. The van der Waals surface area contributed by atoms with Crippen LogP contribution in [0.5, 0.6) is 0 Å². The molecule has 0 aromatic heterocycles. The third-order valence-corrected chi connectivity index (χ3v) is 5.36. The number of likely N-dealkylation sites (tertiary alicyclic amines) is 1. The van der Waals surface area contributed by atoms with E-state index in [2.05, 4.69) is 0 Å². The molecular formula is C19H24N2O4. The van der Waals surface area contributed by atoms with E-state index in [1.54, 1.807) is 9.80 Å². The van der Waals surface area contributed by atoms with Crippen LogP contribution in [0.3, 0.4) is 0 Å². The lowest BCUT2D eigenvalue weighted by molar-refractivity contribution is -0.146. The Morgan fingerprint density at radius 2 is 1.88 bits per heavy atom. The fraction of sp³-hybridized carbons (Fsp3) is 0.526. The highest BCUT2D eigenvalue weighted by Gasteiger charge is 2.39. The molecule has 1 aromatic rings. The molecule has 2 aliphatic heterocycles. The predicted octanol–water partition coefficient (Wildman–Crippen LogP) is 1.98. The topological polar surface area (TPSA) is 77.9 Å². The van der Waals surface area contributed by atoms with E-state index in [9.17, 15) is 19.5 Å². The normalized spacial score (nSPS) is 23.8. The number of carbonyl (C=O) groups excluding carboxylic acids is 2. The third-order valence-electron chi connectivity index (χ3n) is 5.36. The van der Waals surface area contributed by atoms with Gasteiger partial charge in [0.25, 0.3) is 0 Å². The van der Waals surface area contributed by atoms with Crippen molar-refractivity contribution in [2.75, 3.05) is 24.5 Å². The van der Waals surface area contributed by atoms with Crippen molar-refractivity contribution in [3.8, 4) is 0 Å². The minimum atomic E-state index is -0.850. The van der Waals surface area contributed by atoms with Crippen LogP contribution in [-0.2, 0) is 14.4 Å². The van der Waals surface area contributed by atoms with Gasteiger partial charge in [-0.25, -0.2) is 0 Å². The van der Waals surface area contributed by atoms with Gasteiger partial charge in [0.1, 0.15) is 0 Å². The monoisotopic (exact) mass is 344 g/mol. The maximum absolute atomic E-state index is 12.8. The van der Waals surface area contributed by atoms with Crippen molar-refractivity contribution >= 4 is 23.5 Å². The molecular weight excluding hydrogens is 320 g/mol. The predicted molar refractivity (Wildman–Crippen MR) is 93.3 cm³/mol. The van der Waals surface area contributed by atoms with Gasteiger partial charge in [-0.1, -0.05) is 6.07 Å². The van der Waals surface area contributed by atoms with Crippen LogP contribution >= 0.6 is 0 Å². The first-order chi connectivity index (χ1) is 11.9. The number of carboxylic acids is 1. The highest BCUT2D eigenvalue weighted by Crippen LogP contribution is 2.29. The number of nitrogens with zero attached hydrogens (tertiary/aromatic N) is 2. The fourth-order valence-corrected chi connectivity index (χ4v) is 3.65. The molecule has 2 unspecified atom stereocenters. The maximum atomic E-state index is 12.8. The lowest BCUT2D eigenvalue weighted by Gasteiger charge is -2.32. The maximum Gasteiger partial charge on any atom is 0.308 e. The molecule has 0 aliphatic carbocycles. The van der Waals surface area contributed by atoms with E-state index in [-0.39, 0.29) is 30.7 Å². The molecule has 0 bridgehead atoms. The zero-order valence-electron chi connectivity index (χ0n) is 14.7. The summed E-state index contributed by atoms with van der Waals surface area (Å²) in [6.45, 7) is 5.22. The fourth-order valence-electron chi connectivity index (χ4n) is 3.65. The number of aryl methyl sites for hydroxylation is 2. The minimum Gasteiger partial charge on any atom is -0.481 e. The Morgan fingerprint density at radius 3 is 2.56 bits per heavy atom. The van der Waals surface area contributed by atoms with Crippen LogP contribution in [0.4, 0.5) is 5.69 Å². The molecule has 6 heteroatoms. The summed E-state index contributed by atoms with van der Waals surface area (Å²) in [4.78, 5) is 39.7. The number of benzene rings is 1. The number of carbonyl (C=O) groups is 3. The highest BCUT2D eigenvalue weighted by molar-refractivity contribution is 6.00. The smallest absolute Gasteiger partial charge is 0.308 e. The number of aliphatic carboxylic acids is 1. The van der Waals surface area contributed by atoms with Crippen LogP contribution in [-0.4, -0.2) is 47.4 Å². The second-order valence-corrected chi connectivity index (χ2v) is 7.14. The SMILES string of the molecule is Cc1ccc(N2CC(C(=O)N3CCCC(C(=O)O)C3)CC2=O)cc1C. The summed E-state index contributed by atoms with van der Waals surface area (Å²) in [5.74, 6) is -1.87. The molecule has 2 amide bonds. The number of hydrogen-bond donors (Lipinski definition) is 1. The minimum absolute atomic E-state index is 0.0478. The zero-order valence-corrected chi connectivity index (χ0v) is 14.7. The first kappa shape index (κ1) is 17.5. The summed E-state index contributed by atoms with van der Waals surface area (Å²) in [6, 6.07) is 5.87. The number of amides is 2. The van der Waals surface area contributed by atoms with Crippen molar-refractivity contribution in [3.05, 3.63) is 29.3 Å². The van der Waals surface area contributed by atoms with Crippen LogP contribution < -0.4 is 4.90 Å². The van der Waals surface area contributed by atoms with Gasteiger partial charge in [0, 0.05) is 31.7 Å². The van der Waals surface area contributed by atoms with Gasteiger partial charge in [-0.2, -0.15) is 0 Å². The first-order valence-electron chi connectivity index (χ1n) is 8.76. The second kappa shape index (κ2) is 6.86. The van der Waals surface area contributed by atoms with Crippen molar-refractivity contribution in [1.82, 2.24) is 4.90 Å². The Hall–Kier alpha value is -2.37. The van der Waals surface area contributed by atoms with E-state index in [1.165, 1.54) is 0 Å². The molecule has 1 aromatic carbocycles.